The van der Waals surface area contributed by atoms with Crippen LogP contribution in [0.4, 0.5) is 0 Å². The van der Waals surface area contributed by atoms with Crippen LogP contribution in [0, 0.1) is 12.7 Å². The molecule has 0 aliphatic heterocycles. The molecular weight excluding hydrogens is 261 g/mol. The number of hydrogen-bond acceptors (Lipinski definition) is 1. The number of rotatable bonds is 3. The van der Waals surface area contributed by atoms with E-state index in [2.05, 4.69) is 18.2 Å². The fourth-order valence-electron chi connectivity index (χ4n) is 1.35. The van der Waals surface area contributed by atoms with E-state index in [9.17, 15) is 0 Å². The van der Waals surface area contributed by atoms with Crippen molar-refractivity contribution in [2.75, 3.05) is 0 Å². The van der Waals surface area contributed by atoms with Gasteiger partial charge in [-0.1, -0.05) is 24.3 Å². The second-order valence-corrected chi connectivity index (χ2v) is 2.99. The predicted molar refractivity (Wildman–Crippen MR) is 56.2 cm³/mol. The molecule has 73 valence electrons. The first kappa shape index (κ1) is 12.4. The molecule has 2 heteroatoms. The fourth-order valence-corrected chi connectivity index (χ4v) is 1.35. The van der Waals surface area contributed by atoms with Crippen LogP contribution in [0.2, 0.25) is 0 Å². The van der Waals surface area contributed by atoms with Gasteiger partial charge in [-0.3, -0.25) is 0 Å². The molecular formula is C13H10OY-2. The summed E-state index contributed by atoms with van der Waals surface area (Å²) in [7, 11) is 0. The Bertz CT molecular complexity index is 421. The van der Waals surface area contributed by atoms with E-state index in [1.54, 1.807) is 6.08 Å². The first-order valence-electron chi connectivity index (χ1n) is 4.49. The van der Waals surface area contributed by atoms with Gasteiger partial charge in [0.1, 0.15) is 5.76 Å². The van der Waals surface area contributed by atoms with E-state index < -0.39 is 0 Å². The van der Waals surface area contributed by atoms with Gasteiger partial charge < -0.3 is 23.1 Å². The third-order valence-electron chi connectivity index (χ3n) is 2.02. The Kier molecular flexibility index (Phi) is 5.00. The molecule has 0 bridgehead atoms. The minimum atomic E-state index is 0. The summed E-state index contributed by atoms with van der Waals surface area (Å²) in [5.74, 6) is 1.61. The number of allylic oxidation sites excluding steroid dienone is 6. The molecule has 1 heterocycles. The van der Waals surface area contributed by atoms with Gasteiger partial charge in [-0.15, -0.1) is 6.07 Å². The molecule has 0 spiro atoms. The van der Waals surface area contributed by atoms with Crippen LogP contribution >= 0.6 is 0 Å². The Labute approximate surface area is 115 Å². The standard InChI is InChI=1S/C13H10O.Y/c1-2-3-8-12-9-10-13(14-12)11-6-4-5-7-11;/h1-6,9-10H,7H2;/q-2;. The van der Waals surface area contributed by atoms with Crippen LogP contribution in [-0.4, -0.2) is 0 Å². The van der Waals surface area contributed by atoms with Gasteiger partial charge in [0.05, 0.1) is 0 Å². The van der Waals surface area contributed by atoms with Crippen LogP contribution in [0.25, 0.3) is 5.57 Å². The van der Waals surface area contributed by atoms with Crippen molar-refractivity contribution >= 4 is 5.57 Å². The average molecular weight is 271 g/mol. The van der Waals surface area contributed by atoms with Gasteiger partial charge in [-0.05, 0) is 17.8 Å². The molecule has 1 nitrogen and oxygen atoms in total. The van der Waals surface area contributed by atoms with Crippen LogP contribution in [-0.2, 0) is 32.7 Å². The summed E-state index contributed by atoms with van der Waals surface area (Å²) < 4.78 is 5.54. The maximum absolute atomic E-state index is 5.54. The van der Waals surface area contributed by atoms with Crippen molar-refractivity contribution < 1.29 is 37.1 Å². The van der Waals surface area contributed by atoms with Crippen LogP contribution < -0.4 is 0 Å². The molecule has 0 aromatic carbocycles. The molecule has 0 atom stereocenters. The summed E-state index contributed by atoms with van der Waals surface area (Å²) in [6.07, 6.45) is 13.1. The zero-order valence-corrected chi connectivity index (χ0v) is 11.1. The molecule has 15 heavy (non-hydrogen) atoms. The van der Waals surface area contributed by atoms with Crippen molar-refractivity contribution in [1.82, 2.24) is 0 Å². The molecule has 0 N–H and O–H groups in total. The molecule has 0 amide bonds. The molecule has 1 aromatic rings. The summed E-state index contributed by atoms with van der Waals surface area (Å²) in [5.41, 5.74) is 1.20. The molecule has 2 rings (SSSR count). The molecule has 1 aliphatic rings. The number of hydrogen-bond donors (Lipinski definition) is 0. The Balaban J connectivity index is 0.00000112. The Morgan fingerprint density at radius 3 is 2.93 bits per heavy atom. The van der Waals surface area contributed by atoms with E-state index in [0.717, 1.165) is 12.2 Å². The monoisotopic (exact) mass is 271 g/mol. The molecule has 0 fully saturated rings. The second kappa shape index (κ2) is 6.04. The molecule has 1 radical (unpaired) electrons. The predicted octanol–water partition coefficient (Wildman–Crippen LogP) is 3.32. The van der Waals surface area contributed by atoms with Crippen LogP contribution in [0.1, 0.15) is 17.9 Å². The van der Waals surface area contributed by atoms with Crippen LogP contribution in [0.15, 0.2) is 46.9 Å². The van der Waals surface area contributed by atoms with E-state index in [-0.39, 0.29) is 32.7 Å². The van der Waals surface area contributed by atoms with E-state index in [4.69, 9.17) is 11.0 Å². The van der Waals surface area contributed by atoms with Gasteiger partial charge in [0.25, 0.3) is 0 Å². The molecule has 0 saturated heterocycles. The van der Waals surface area contributed by atoms with Gasteiger partial charge in [0, 0.05) is 32.7 Å². The van der Waals surface area contributed by atoms with Gasteiger partial charge in [-0.25, -0.2) is 6.08 Å². The van der Waals surface area contributed by atoms with Crippen molar-refractivity contribution in [2.24, 2.45) is 0 Å². The summed E-state index contributed by atoms with van der Waals surface area (Å²) in [4.78, 5) is 0. The maximum atomic E-state index is 5.54. The van der Waals surface area contributed by atoms with Crippen molar-refractivity contribution in [3.8, 4) is 0 Å². The van der Waals surface area contributed by atoms with Gasteiger partial charge in [0.15, 0.2) is 0 Å². The van der Waals surface area contributed by atoms with E-state index in [0.29, 0.717) is 5.76 Å². The zero-order valence-electron chi connectivity index (χ0n) is 8.31. The van der Waals surface area contributed by atoms with Crippen molar-refractivity contribution in [1.29, 1.82) is 0 Å². The molecule has 1 aromatic heterocycles. The minimum absolute atomic E-state index is 0. The topological polar surface area (TPSA) is 13.1 Å². The average Bonchev–Trinajstić information content (AvgIpc) is 2.85. The summed E-state index contributed by atoms with van der Waals surface area (Å²) in [5, 5.41) is 0. The van der Waals surface area contributed by atoms with Gasteiger partial charge >= 0.3 is 0 Å². The summed E-state index contributed by atoms with van der Waals surface area (Å²) >= 11 is 0. The van der Waals surface area contributed by atoms with Crippen LogP contribution in [0.3, 0.4) is 0 Å². The summed E-state index contributed by atoms with van der Waals surface area (Å²) in [6.45, 7) is 5.20. The van der Waals surface area contributed by atoms with E-state index in [1.165, 1.54) is 11.6 Å². The van der Waals surface area contributed by atoms with Gasteiger partial charge in [-0.2, -0.15) is 0 Å². The quantitative estimate of drug-likeness (QED) is 0.607. The third-order valence-corrected chi connectivity index (χ3v) is 2.02. The van der Waals surface area contributed by atoms with E-state index in [1.807, 2.05) is 18.2 Å². The van der Waals surface area contributed by atoms with Crippen molar-refractivity contribution in [3.63, 3.8) is 0 Å². The molecule has 0 unspecified atom stereocenters. The fraction of sp³-hybridized carbons (Fsp3) is 0.0769. The Hall–Kier alpha value is -0.656. The van der Waals surface area contributed by atoms with Crippen LogP contribution in [0.5, 0.6) is 0 Å². The van der Waals surface area contributed by atoms with E-state index >= 15 is 0 Å². The van der Waals surface area contributed by atoms with Crippen molar-refractivity contribution in [3.05, 3.63) is 66.7 Å². The first-order chi connectivity index (χ1) is 6.90. The van der Waals surface area contributed by atoms with Crippen molar-refractivity contribution in [2.45, 2.75) is 6.42 Å². The molecule has 1 aliphatic carbocycles. The summed E-state index contributed by atoms with van der Waals surface area (Å²) in [6, 6.07) is 3.83. The Morgan fingerprint density at radius 2 is 2.27 bits per heavy atom. The number of furan rings is 1. The maximum Gasteiger partial charge on any atom is 0.115 e. The third kappa shape index (κ3) is 3.15. The SMILES string of the molecule is [CH-]=CC=[C-]c1ccc(C2=CC=CC2)o1.[Y]. The minimum Gasteiger partial charge on any atom is -0.486 e. The molecule has 0 saturated carbocycles. The second-order valence-electron chi connectivity index (χ2n) is 2.99. The first-order valence-corrected chi connectivity index (χ1v) is 4.49. The normalized spacial score (nSPS) is 14.0. The largest absolute Gasteiger partial charge is 0.486 e. The zero-order chi connectivity index (χ0) is 9.80. The van der Waals surface area contributed by atoms with Gasteiger partial charge in [0.2, 0.25) is 0 Å². The smallest absolute Gasteiger partial charge is 0.115 e. The Morgan fingerprint density at radius 1 is 1.40 bits per heavy atom.